The highest BCUT2D eigenvalue weighted by molar-refractivity contribution is 6.05. The van der Waals surface area contributed by atoms with Crippen LogP contribution in [0.3, 0.4) is 0 Å². The van der Waals surface area contributed by atoms with Gasteiger partial charge in [0.1, 0.15) is 17.6 Å². The second kappa shape index (κ2) is 11.6. The van der Waals surface area contributed by atoms with Gasteiger partial charge in [-0.05, 0) is 42.0 Å². The molecule has 3 amide bonds. The molecule has 0 unspecified atom stereocenters. The minimum atomic E-state index is -1.06. The van der Waals surface area contributed by atoms with Crippen LogP contribution in [-0.4, -0.2) is 31.4 Å². The molecule has 0 aliphatic rings. The van der Waals surface area contributed by atoms with Crippen molar-refractivity contribution < 1.29 is 28.0 Å². The van der Waals surface area contributed by atoms with Crippen molar-refractivity contribution in [3.63, 3.8) is 0 Å². The van der Waals surface area contributed by atoms with E-state index >= 15 is 0 Å². The Kier molecular flexibility index (Phi) is 7.82. The maximum absolute atomic E-state index is 13.7. The van der Waals surface area contributed by atoms with E-state index < -0.39 is 23.8 Å². The summed E-state index contributed by atoms with van der Waals surface area (Å²) in [6.07, 6.45) is 2.88. The number of hydrogen-bond donors (Lipinski definition) is 2. The average molecular weight is 488 g/mol. The SMILES string of the molecule is COc1ccccc1N(C(=O)CNC(=O)c1ccco1)[C@H](C(=O)NCc1ccco1)c1ccccc1. The summed E-state index contributed by atoms with van der Waals surface area (Å²) in [6, 6.07) is 21.2. The fourth-order valence-corrected chi connectivity index (χ4v) is 3.72. The molecule has 2 aromatic heterocycles. The molecule has 0 radical (unpaired) electrons. The zero-order valence-electron chi connectivity index (χ0n) is 19.5. The fraction of sp³-hybridized carbons (Fsp3) is 0.148. The van der Waals surface area contributed by atoms with Gasteiger partial charge in [-0.3, -0.25) is 19.3 Å². The topological polar surface area (TPSA) is 114 Å². The highest BCUT2D eigenvalue weighted by atomic mass is 16.5. The first-order valence-corrected chi connectivity index (χ1v) is 11.2. The number of hydrogen-bond acceptors (Lipinski definition) is 6. The largest absolute Gasteiger partial charge is 0.495 e. The van der Waals surface area contributed by atoms with Crippen molar-refractivity contribution in [2.75, 3.05) is 18.6 Å². The van der Waals surface area contributed by atoms with Crippen LogP contribution >= 0.6 is 0 Å². The van der Waals surface area contributed by atoms with Crippen LogP contribution in [0.2, 0.25) is 0 Å². The molecule has 4 rings (SSSR count). The first-order valence-electron chi connectivity index (χ1n) is 11.2. The van der Waals surface area contributed by atoms with Crippen LogP contribution in [0.1, 0.15) is 27.9 Å². The zero-order chi connectivity index (χ0) is 25.3. The van der Waals surface area contributed by atoms with E-state index in [1.807, 2.05) is 6.07 Å². The Balaban J connectivity index is 1.69. The van der Waals surface area contributed by atoms with Gasteiger partial charge in [0, 0.05) is 0 Å². The van der Waals surface area contributed by atoms with Gasteiger partial charge in [-0.1, -0.05) is 42.5 Å². The maximum Gasteiger partial charge on any atom is 0.287 e. The molecule has 184 valence electrons. The number of methoxy groups -OCH3 is 1. The van der Waals surface area contributed by atoms with Crippen molar-refractivity contribution in [3.05, 3.63) is 108 Å². The van der Waals surface area contributed by atoms with Gasteiger partial charge in [0.25, 0.3) is 5.91 Å². The number of nitrogens with zero attached hydrogens (tertiary/aromatic N) is 1. The van der Waals surface area contributed by atoms with Gasteiger partial charge in [0.15, 0.2) is 5.76 Å². The molecule has 2 N–H and O–H groups in total. The number of para-hydroxylation sites is 2. The third-order valence-electron chi connectivity index (χ3n) is 5.40. The number of anilines is 1. The van der Waals surface area contributed by atoms with Crippen LogP contribution < -0.4 is 20.3 Å². The Labute approximate surface area is 207 Å². The Morgan fingerprint density at radius 2 is 1.58 bits per heavy atom. The monoisotopic (exact) mass is 487 g/mol. The van der Waals surface area contributed by atoms with E-state index in [1.54, 1.807) is 66.7 Å². The van der Waals surface area contributed by atoms with E-state index in [1.165, 1.54) is 30.6 Å². The quantitative estimate of drug-likeness (QED) is 0.353. The Bertz CT molecular complexity index is 1290. The summed E-state index contributed by atoms with van der Waals surface area (Å²) in [4.78, 5) is 41.0. The van der Waals surface area contributed by atoms with Crippen LogP contribution in [0, 0.1) is 0 Å². The summed E-state index contributed by atoms with van der Waals surface area (Å²) in [6.45, 7) is -0.245. The lowest BCUT2D eigenvalue weighted by molar-refractivity contribution is -0.126. The van der Waals surface area contributed by atoms with Gasteiger partial charge in [-0.2, -0.15) is 0 Å². The van der Waals surface area contributed by atoms with Crippen molar-refractivity contribution >= 4 is 23.4 Å². The third kappa shape index (κ3) is 5.64. The predicted molar refractivity (Wildman–Crippen MR) is 131 cm³/mol. The molecule has 2 heterocycles. The number of rotatable bonds is 10. The average Bonchev–Trinajstić information content (AvgIpc) is 3.64. The molecular weight excluding hydrogens is 462 g/mol. The molecule has 4 aromatic rings. The Morgan fingerprint density at radius 1 is 0.861 bits per heavy atom. The van der Waals surface area contributed by atoms with Gasteiger partial charge < -0.3 is 24.2 Å². The number of amides is 3. The lowest BCUT2D eigenvalue weighted by Gasteiger charge is -2.32. The van der Waals surface area contributed by atoms with Gasteiger partial charge in [-0.25, -0.2) is 0 Å². The molecule has 9 nitrogen and oxygen atoms in total. The molecule has 0 saturated carbocycles. The van der Waals surface area contributed by atoms with Gasteiger partial charge in [-0.15, -0.1) is 0 Å². The summed E-state index contributed by atoms with van der Waals surface area (Å²) >= 11 is 0. The number of nitrogens with one attached hydrogen (secondary N) is 2. The number of ether oxygens (including phenoxy) is 1. The van der Waals surface area contributed by atoms with Crippen molar-refractivity contribution in [2.24, 2.45) is 0 Å². The van der Waals surface area contributed by atoms with Gasteiger partial charge >= 0.3 is 0 Å². The van der Waals surface area contributed by atoms with Crippen molar-refractivity contribution in [1.82, 2.24) is 10.6 Å². The molecular formula is C27H25N3O6. The molecule has 0 fully saturated rings. The van der Waals surface area contributed by atoms with E-state index in [0.29, 0.717) is 22.8 Å². The minimum Gasteiger partial charge on any atom is -0.495 e. The van der Waals surface area contributed by atoms with Crippen LogP contribution in [0.5, 0.6) is 5.75 Å². The van der Waals surface area contributed by atoms with E-state index in [0.717, 1.165) is 0 Å². The number of furan rings is 2. The molecule has 0 saturated heterocycles. The smallest absolute Gasteiger partial charge is 0.287 e. The van der Waals surface area contributed by atoms with Crippen LogP contribution in [0.25, 0.3) is 0 Å². The standard InChI is InChI=1S/C27H25N3O6/c1-34-22-13-6-5-12-21(22)30(24(31)18-29-26(32)23-14-8-16-36-23)25(19-9-3-2-4-10-19)27(33)28-17-20-11-7-15-35-20/h2-16,25H,17-18H2,1H3,(H,28,33)(H,29,32)/t25-/m0/s1. The zero-order valence-corrected chi connectivity index (χ0v) is 19.5. The fourth-order valence-electron chi connectivity index (χ4n) is 3.72. The van der Waals surface area contributed by atoms with Crippen LogP contribution in [0.4, 0.5) is 5.69 Å². The van der Waals surface area contributed by atoms with Crippen molar-refractivity contribution in [1.29, 1.82) is 0 Å². The predicted octanol–water partition coefficient (Wildman–Crippen LogP) is 3.70. The third-order valence-corrected chi connectivity index (χ3v) is 5.40. The highest BCUT2D eigenvalue weighted by Crippen LogP contribution is 2.35. The summed E-state index contributed by atoms with van der Waals surface area (Å²) < 4.78 is 15.9. The lowest BCUT2D eigenvalue weighted by atomic mass is 10.0. The number of benzene rings is 2. The minimum absolute atomic E-state index is 0.0717. The van der Waals surface area contributed by atoms with Crippen LogP contribution in [0.15, 0.2) is 100 Å². The molecule has 9 heteroatoms. The second-order valence-corrected chi connectivity index (χ2v) is 7.71. The number of carbonyl (C=O) groups is 3. The molecule has 0 aliphatic heterocycles. The van der Waals surface area contributed by atoms with Crippen molar-refractivity contribution in [2.45, 2.75) is 12.6 Å². The Morgan fingerprint density at radius 3 is 2.28 bits per heavy atom. The van der Waals surface area contributed by atoms with E-state index in [9.17, 15) is 14.4 Å². The van der Waals surface area contributed by atoms with Gasteiger partial charge in [0.05, 0.1) is 38.4 Å². The molecule has 36 heavy (non-hydrogen) atoms. The second-order valence-electron chi connectivity index (χ2n) is 7.71. The summed E-state index contributed by atoms with van der Waals surface area (Å²) in [5.74, 6) is -0.482. The van der Waals surface area contributed by atoms with E-state index in [2.05, 4.69) is 10.6 Å². The maximum atomic E-state index is 13.7. The first-order chi connectivity index (χ1) is 17.6. The summed E-state index contributed by atoms with van der Waals surface area (Å²) in [7, 11) is 1.48. The first kappa shape index (κ1) is 24.3. The summed E-state index contributed by atoms with van der Waals surface area (Å²) in [5.41, 5.74) is 0.949. The van der Waals surface area contributed by atoms with E-state index in [-0.39, 0.29) is 18.8 Å². The van der Waals surface area contributed by atoms with Crippen LogP contribution in [-0.2, 0) is 16.1 Å². The molecule has 0 bridgehead atoms. The Hall–Kier alpha value is -4.79. The number of carbonyl (C=O) groups excluding carboxylic acids is 3. The van der Waals surface area contributed by atoms with Gasteiger partial charge in [0.2, 0.25) is 11.8 Å². The normalized spacial score (nSPS) is 11.4. The molecule has 0 spiro atoms. The molecule has 0 aliphatic carbocycles. The molecule has 2 aromatic carbocycles. The molecule has 1 atom stereocenters. The van der Waals surface area contributed by atoms with E-state index in [4.69, 9.17) is 13.6 Å². The lowest BCUT2D eigenvalue weighted by Crippen LogP contribution is -2.47. The highest BCUT2D eigenvalue weighted by Gasteiger charge is 2.34. The summed E-state index contributed by atoms with van der Waals surface area (Å²) in [5, 5.41) is 5.40. The van der Waals surface area contributed by atoms with Crippen molar-refractivity contribution in [3.8, 4) is 5.75 Å².